The van der Waals surface area contributed by atoms with Crippen LogP contribution in [0.3, 0.4) is 0 Å². The zero-order chi connectivity index (χ0) is 23.0. The number of ketones is 1. The summed E-state index contributed by atoms with van der Waals surface area (Å²) in [6.45, 7) is 1.96. The minimum atomic E-state index is -0.931. The predicted molar refractivity (Wildman–Crippen MR) is 132 cm³/mol. The highest BCUT2D eigenvalue weighted by molar-refractivity contribution is 7.12. The number of nitrogens with one attached hydrogen (secondary N) is 2. The summed E-state index contributed by atoms with van der Waals surface area (Å²) in [5, 5.41) is 16.2. The summed E-state index contributed by atoms with van der Waals surface area (Å²) >= 11 is 1.32. The van der Waals surface area contributed by atoms with Gasteiger partial charge in [-0.25, -0.2) is 0 Å². The van der Waals surface area contributed by atoms with Crippen LogP contribution >= 0.6 is 11.3 Å². The van der Waals surface area contributed by atoms with Crippen molar-refractivity contribution in [2.24, 2.45) is 10.2 Å². The molecule has 0 saturated carbocycles. The third-order valence-corrected chi connectivity index (χ3v) is 5.70. The quantitative estimate of drug-likeness (QED) is 0.181. The molecule has 1 aromatic heterocycles. The van der Waals surface area contributed by atoms with Crippen molar-refractivity contribution < 1.29 is 9.59 Å². The number of aryl methyl sites for hydroxylation is 1. The lowest BCUT2D eigenvalue weighted by molar-refractivity contribution is 0.0872. The first-order valence-corrected chi connectivity index (χ1v) is 11.2. The molecular weight excluding hydrogens is 432 g/mol. The Hall–Kier alpha value is -4.10. The van der Waals surface area contributed by atoms with Crippen LogP contribution < -0.4 is 10.6 Å². The van der Waals surface area contributed by atoms with Gasteiger partial charge in [0.05, 0.1) is 16.3 Å². The Bertz CT molecular complexity index is 1240. The summed E-state index contributed by atoms with van der Waals surface area (Å²) in [4.78, 5) is 26.4. The number of anilines is 1. The summed E-state index contributed by atoms with van der Waals surface area (Å²) < 4.78 is 0. The molecule has 3 aromatic carbocycles. The molecule has 0 bridgehead atoms. The van der Waals surface area contributed by atoms with Crippen molar-refractivity contribution in [2.45, 2.75) is 13.1 Å². The second-order valence-electron chi connectivity index (χ2n) is 7.34. The molecule has 0 aliphatic carbocycles. The number of rotatable bonds is 8. The number of nitrogens with zero attached hydrogens (tertiary/aromatic N) is 2. The van der Waals surface area contributed by atoms with Crippen molar-refractivity contribution >= 4 is 40.1 Å². The Balaban J connectivity index is 1.51. The van der Waals surface area contributed by atoms with Gasteiger partial charge < -0.3 is 10.6 Å². The van der Waals surface area contributed by atoms with Crippen LogP contribution in [0, 0.1) is 6.92 Å². The molecule has 1 atom stereocenters. The smallest absolute Gasteiger partial charge is 0.263 e. The Morgan fingerprint density at radius 1 is 0.788 bits per heavy atom. The summed E-state index contributed by atoms with van der Waals surface area (Å²) in [5.74, 6) is -0.538. The van der Waals surface area contributed by atoms with E-state index in [1.54, 1.807) is 48.5 Å². The number of hydrogen-bond donors (Lipinski definition) is 2. The summed E-state index contributed by atoms with van der Waals surface area (Å²) in [5.41, 5.74) is 3.68. The Morgan fingerprint density at radius 2 is 1.45 bits per heavy atom. The van der Waals surface area contributed by atoms with Crippen LogP contribution in [0.1, 0.15) is 25.6 Å². The Morgan fingerprint density at radius 3 is 2.09 bits per heavy atom. The van der Waals surface area contributed by atoms with E-state index >= 15 is 0 Å². The van der Waals surface area contributed by atoms with Gasteiger partial charge in [-0.3, -0.25) is 9.59 Å². The van der Waals surface area contributed by atoms with Crippen LogP contribution in [-0.2, 0) is 0 Å². The van der Waals surface area contributed by atoms with E-state index in [1.807, 2.05) is 54.8 Å². The molecule has 4 aromatic rings. The molecule has 2 N–H and O–H groups in total. The third kappa shape index (κ3) is 5.99. The van der Waals surface area contributed by atoms with Crippen LogP contribution in [0.25, 0.3) is 0 Å². The molecule has 0 aliphatic rings. The molecule has 0 aliphatic heterocycles. The van der Waals surface area contributed by atoms with Gasteiger partial charge in [-0.05, 0) is 54.8 Å². The molecule has 1 amide bonds. The maximum Gasteiger partial charge on any atom is 0.263 e. The topological polar surface area (TPSA) is 82.9 Å². The van der Waals surface area contributed by atoms with Crippen molar-refractivity contribution in [1.82, 2.24) is 5.32 Å². The maximum absolute atomic E-state index is 13.2. The molecule has 4 rings (SSSR count). The molecule has 6 nitrogen and oxygen atoms in total. The molecular formula is C26H22N4O2S. The molecule has 33 heavy (non-hydrogen) atoms. The van der Waals surface area contributed by atoms with Gasteiger partial charge in [0.15, 0.2) is 6.17 Å². The lowest BCUT2D eigenvalue weighted by Gasteiger charge is -2.20. The number of azo groups is 1. The number of Topliss-reactive ketones (excluding diaryl/α,β-unsaturated/α-hetero) is 1. The molecule has 0 unspecified atom stereocenters. The Labute approximate surface area is 196 Å². The maximum atomic E-state index is 13.2. The van der Waals surface area contributed by atoms with E-state index in [1.165, 1.54) is 11.3 Å². The molecule has 0 saturated heterocycles. The number of thiophene rings is 1. The number of hydrogen-bond acceptors (Lipinski definition) is 6. The summed E-state index contributed by atoms with van der Waals surface area (Å²) in [6, 6.07) is 27.4. The second kappa shape index (κ2) is 10.5. The zero-order valence-electron chi connectivity index (χ0n) is 17.9. The first kappa shape index (κ1) is 22.1. The monoisotopic (exact) mass is 454 g/mol. The van der Waals surface area contributed by atoms with Gasteiger partial charge in [-0.2, -0.15) is 10.2 Å². The van der Waals surface area contributed by atoms with Crippen LogP contribution in [0.4, 0.5) is 17.1 Å². The van der Waals surface area contributed by atoms with Crippen LogP contribution in [-0.4, -0.2) is 17.9 Å². The first-order chi connectivity index (χ1) is 16.1. The molecule has 0 radical (unpaired) electrons. The van der Waals surface area contributed by atoms with E-state index in [-0.39, 0.29) is 11.7 Å². The second-order valence-corrected chi connectivity index (χ2v) is 8.29. The average molecular weight is 455 g/mol. The van der Waals surface area contributed by atoms with E-state index in [2.05, 4.69) is 20.9 Å². The van der Waals surface area contributed by atoms with Crippen molar-refractivity contribution in [3.63, 3.8) is 0 Å². The van der Waals surface area contributed by atoms with Crippen molar-refractivity contribution in [3.05, 3.63) is 112 Å². The predicted octanol–water partition coefficient (Wildman–Crippen LogP) is 6.52. The molecule has 164 valence electrons. The minimum absolute atomic E-state index is 0.229. The SMILES string of the molecule is Cc1ccc(C(=O)[C@H](NC(=O)c2cccs2)Nc2ccc(N=Nc3ccccc3)cc2)cc1. The van der Waals surface area contributed by atoms with Gasteiger partial charge in [0, 0.05) is 11.3 Å². The fourth-order valence-electron chi connectivity index (χ4n) is 3.06. The van der Waals surface area contributed by atoms with E-state index in [9.17, 15) is 9.59 Å². The van der Waals surface area contributed by atoms with Gasteiger partial charge in [0.1, 0.15) is 0 Å². The fourth-order valence-corrected chi connectivity index (χ4v) is 3.69. The van der Waals surface area contributed by atoms with Crippen LogP contribution in [0.15, 0.2) is 107 Å². The highest BCUT2D eigenvalue weighted by Gasteiger charge is 2.23. The van der Waals surface area contributed by atoms with Gasteiger partial charge in [-0.15, -0.1) is 11.3 Å². The van der Waals surface area contributed by atoms with Crippen molar-refractivity contribution in [2.75, 3.05) is 5.32 Å². The van der Waals surface area contributed by atoms with Crippen molar-refractivity contribution in [1.29, 1.82) is 0 Å². The molecule has 1 heterocycles. The van der Waals surface area contributed by atoms with Crippen molar-refractivity contribution in [3.8, 4) is 0 Å². The van der Waals surface area contributed by atoms with Crippen LogP contribution in [0.2, 0.25) is 0 Å². The minimum Gasteiger partial charge on any atom is -0.359 e. The van der Waals surface area contributed by atoms with Crippen LogP contribution in [0.5, 0.6) is 0 Å². The van der Waals surface area contributed by atoms with E-state index < -0.39 is 6.17 Å². The third-order valence-electron chi connectivity index (χ3n) is 4.83. The highest BCUT2D eigenvalue weighted by atomic mass is 32.1. The fraction of sp³-hybridized carbons (Fsp3) is 0.0769. The van der Waals surface area contributed by atoms with Gasteiger partial charge >= 0.3 is 0 Å². The number of benzene rings is 3. The zero-order valence-corrected chi connectivity index (χ0v) is 18.8. The van der Waals surface area contributed by atoms with Gasteiger partial charge in [-0.1, -0.05) is 54.1 Å². The van der Waals surface area contributed by atoms with Gasteiger partial charge in [0.25, 0.3) is 5.91 Å². The molecule has 7 heteroatoms. The van der Waals surface area contributed by atoms with E-state index in [4.69, 9.17) is 0 Å². The summed E-state index contributed by atoms with van der Waals surface area (Å²) in [7, 11) is 0. The normalized spacial score (nSPS) is 11.8. The number of amides is 1. The summed E-state index contributed by atoms with van der Waals surface area (Å²) in [6.07, 6.45) is -0.931. The van der Waals surface area contributed by atoms with E-state index in [0.29, 0.717) is 21.8 Å². The largest absolute Gasteiger partial charge is 0.359 e. The Kier molecular flexibility index (Phi) is 7.02. The molecule has 0 fully saturated rings. The highest BCUT2D eigenvalue weighted by Crippen LogP contribution is 2.21. The number of carbonyl (C=O) groups excluding carboxylic acids is 2. The lowest BCUT2D eigenvalue weighted by atomic mass is 10.1. The van der Waals surface area contributed by atoms with E-state index in [0.717, 1.165) is 11.3 Å². The standard InChI is InChI=1S/C26H22N4O2S/c1-18-9-11-19(12-10-18)24(31)25(28-26(32)23-8-5-17-33-23)27-20-13-15-22(16-14-20)30-29-21-6-3-2-4-7-21/h2-17,25,27H,1H3,(H,28,32)/t25-/m0/s1. The number of carbonyl (C=O) groups is 2. The molecule has 0 spiro atoms. The lowest BCUT2D eigenvalue weighted by Crippen LogP contribution is -2.46. The average Bonchev–Trinajstić information content (AvgIpc) is 3.39. The first-order valence-electron chi connectivity index (χ1n) is 10.4. The van der Waals surface area contributed by atoms with Gasteiger partial charge in [0.2, 0.25) is 5.78 Å².